The van der Waals surface area contributed by atoms with Crippen molar-refractivity contribution in [3.8, 4) is 0 Å². The number of carbonyl (C=O) groups is 1. The molecule has 1 aromatic heterocycles. The van der Waals surface area contributed by atoms with Crippen LogP contribution in [-0.2, 0) is 0 Å². The highest BCUT2D eigenvalue weighted by molar-refractivity contribution is 9.10. The van der Waals surface area contributed by atoms with Crippen molar-refractivity contribution < 1.29 is 9.21 Å². The third kappa shape index (κ3) is 3.09. The van der Waals surface area contributed by atoms with E-state index >= 15 is 0 Å². The minimum atomic E-state index is -0.0941. The summed E-state index contributed by atoms with van der Waals surface area (Å²) in [7, 11) is 0. The maximum absolute atomic E-state index is 11.8. The van der Waals surface area contributed by atoms with Gasteiger partial charge in [-0.05, 0) is 34.8 Å². The zero-order chi connectivity index (χ0) is 11.4. The van der Waals surface area contributed by atoms with Crippen LogP contribution in [0.4, 0.5) is 0 Å². The monoisotopic (exact) mass is 273 g/mol. The Kier molecular flexibility index (Phi) is 4.39. The van der Waals surface area contributed by atoms with Crippen LogP contribution in [-0.4, -0.2) is 11.9 Å². The largest absolute Gasteiger partial charge is 0.457 e. The van der Waals surface area contributed by atoms with Crippen LogP contribution in [0.1, 0.15) is 37.6 Å². The molecule has 3 nitrogen and oxygen atoms in total. The molecule has 0 saturated heterocycles. The van der Waals surface area contributed by atoms with E-state index in [1.165, 1.54) is 6.26 Å². The third-order valence-electron chi connectivity index (χ3n) is 2.72. The van der Waals surface area contributed by atoms with E-state index in [1.807, 2.05) is 6.92 Å². The third-order valence-corrected chi connectivity index (χ3v) is 3.33. The number of furan rings is 1. The molecule has 0 spiro atoms. The molecule has 4 heteroatoms. The topological polar surface area (TPSA) is 42.2 Å². The van der Waals surface area contributed by atoms with Crippen LogP contribution < -0.4 is 5.32 Å². The van der Waals surface area contributed by atoms with Gasteiger partial charge in [0, 0.05) is 6.04 Å². The van der Waals surface area contributed by atoms with E-state index < -0.39 is 0 Å². The van der Waals surface area contributed by atoms with Crippen molar-refractivity contribution in [2.45, 2.75) is 33.2 Å². The molecule has 2 atom stereocenters. The molecule has 1 amide bonds. The Labute approximate surface area is 98.4 Å². The van der Waals surface area contributed by atoms with Crippen molar-refractivity contribution in [1.82, 2.24) is 5.32 Å². The molecule has 1 heterocycles. The minimum absolute atomic E-state index is 0.0941. The molecule has 0 radical (unpaired) electrons. The van der Waals surface area contributed by atoms with Gasteiger partial charge in [0.05, 0.1) is 11.8 Å². The summed E-state index contributed by atoms with van der Waals surface area (Å²) in [5, 5.41) is 2.94. The van der Waals surface area contributed by atoms with Gasteiger partial charge in [0.25, 0.3) is 5.91 Å². The molecule has 2 unspecified atom stereocenters. The second-order valence-corrected chi connectivity index (χ2v) is 4.48. The molecule has 0 aromatic carbocycles. The predicted octanol–water partition coefficient (Wildman–Crippen LogP) is 3.21. The summed E-state index contributed by atoms with van der Waals surface area (Å²) in [5.74, 6) is 0.378. The molecule has 0 aliphatic rings. The lowest BCUT2D eigenvalue weighted by molar-refractivity contribution is 0.0926. The summed E-state index contributed by atoms with van der Waals surface area (Å²) in [5.41, 5.74) is 0.546. The second-order valence-electron chi connectivity index (χ2n) is 3.76. The van der Waals surface area contributed by atoms with Crippen LogP contribution >= 0.6 is 15.9 Å². The Morgan fingerprint density at radius 3 is 2.73 bits per heavy atom. The number of rotatable bonds is 4. The number of nitrogens with one attached hydrogen (secondary N) is 1. The summed E-state index contributed by atoms with van der Waals surface area (Å²) < 4.78 is 5.49. The summed E-state index contributed by atoms with van der Waals surface area (Å²) >= 11 is 3.18. The van der Waals surface area contributed by atoms with Gasteiger partial charge in [0.2, 0.25) is 0 Å². The fourth-order valence-corrected chi connectivity index (χ4v) is 1.66. The predicted molar refractivity (Wildman–Crippen MR) is 62.8 cm³/mol. The van der Waals surface area contributed by atoms with Crippen LogP contribution in [0.15, 0.2) is 21.4 Å². The normalized spacial score (nSPS) is 14.7. The van der Waals surface area contributed by atoms with E-state index in [-0.39, 0.29) is 11.9 Å². The zero-order valence-electron chi connectivity index (χ0n) is 9.21. The molecule has 0 aliphatic carbocycles. The maximum atomic E-state index is 11.8. The molecule has 0 fully saturated rings. The van der Waals surface area contributed by atoms with Crippen LogP contribution in [0.2, 0.25) is 0 Å². The number of amides is 1. The first-order valence-electron chi connectivity index (χ1n) is 5.10. The van der Waals surface area contributed by atoms with Crippen molar-refractivity contribution >= 4 is 21.8 Å². The summed E-state index contributed by atoms with van der Waals surface area (Å²) in [4.78, 5) is 11.8. The van der Waals surface area contributed by atoms with Crippen LogP contribution in [0.25, 0.3) is 0 Å². The molecule has 0 saturated carbocycles. The Balaban J connectivity index is 2.60. The van der Waals surface area contributed by atoms with Crippen molar-refractivity contribution in [2.75, 3.05) is 0 Å². The molecule has 0 bridgehead atoms. The summed E-state index contributed by atoms with van der Waals surface area (Å²) in [6, 6.07) is 1.83. The fraction of sp³-hybridized carbons (Fsp3) is 0.545. The van der Waals surface area contributed by atoms with E-state index in [0.717, 1.165) is 6.42 Å². The zero-order valence-corrected chi connectivity index (χ0v) is 10.8. The van der Waals surface area contributed by atoms with Gasteiger partial charge in [-0.1, -0.05) is 20.3 Å². The minimum Gasteiger partial charge on any atom is -0.457 e. The quantitative estimate of drug-likeness (QED) is 0.916. The lowest BCUT2D eigenvalue weighted by Crippen LogP contribution is -2.36. The van der Waals surface area contributed by atoms with Gasteiger partial charge < -0.3 is 9.73 Å². The van der Waals surface area contributed by atoms with Gasteiger partial charge in [-0.25, -0.2) is 0 Å². The number of halogens is 1. The van der Waals surface area contributed by atoms with Gasteiger partial charge in [0.15, 0.2) is 4.67 Å². The maximum Gasteiger partial charge on any atom is 0.255 e. The van der Waals surface area contributed by atoms with Gasteiger partial charge in [0.1, 0.15) is 0 Å². The molecule has 84 valence electrons. The van der Waals surface area contributed by atoms with E-state index in [1.54, 1.807) is 6.07 Å². The van der Waals surface area contributed by atoms with Crippen LogP contribution in [0, 0.1) is 5.92 Å². The highest BCUT2D eigenvalue weighted by atomic mass is 79.9. The molecule has 15 heavy (non-hydrogen) atoms. The molecule has 1 aromatic rings. The number of hydrogen-bond donors (Lipinski definition) is 1. The van der Waals surface area contributed by atoms with Crippen LogP contribution in [0.3, 0.4) is 0 Å². The second kappa shape index (κ2) is 5.35. The van der Waals surface area contributed by atoms with Gasteiger partial charge in [-0.15, -0.1) is 0 Å². The average molecular weight is 274 g/mol. The van der Waals surface area contributed by atoms with E-state index in [0.29, 0.717) is 16.2 Å². The standard InChI is InChI=1S/C11H16BrNO2/c1-4-7(2)8(3)13-11(14)9-5-6-15-10(9)12/h5-8H,4H2,1-3H3,(H,13,14). The molecular formula is C11H16BrNO2. The number of hydrogen-bond acceptors (Lipinski definition) is 2. The Bertz CT molecular complexity index is 335. The van der Waals surface area contributed by atoms with E-state index in [9.17, 15) is 4.79 Å². The molecule has 0 aliphatic heterocycles. The van der Waals surface area contributed by atoms with Gasteiger partial charge in [-0.2, -0.15) is 0 Å². The lowest BCUT2D eigenvalue weighted by Gasteiger charge is -2.19. The van der Waals surface area contributed by atoms with Crippen molar-refractivity contribution in [3.63, 3.8) is 0 Å². The highest BCUT2D eigenvalue weighted by Gasteiger charge is 2.17. The SMILES string of the molecule is CCC(C)C(C)NC(=O)c1ccoc1Br. The Morgan fingerprint density at radius 1 is 1.60 bits per heavy atom. The van der Waals surface area contributed by atoms with E-state index in [2.05, 4.69) is 35.1 Å². The first-order chi connectivity index (χ1) is 7.06. The Hall–Kier alpha value is -0.770. The Morgan fingerprint density at radius 2 is 2.27 bits per heavy atom. The van der Waals surface area contributed by atoms with Gasteiger partial charge >= 0.3 is 0 Å². The summed E-state index contributed by atoms with van der Waals surface area (Å²) in [6.07, 6.45) is 2.54. The van der Waals surface area contributed by atoms with Crippen molar-refractivity contribution in [3.05, 3.63) is 22.6 Å². The summed E-state index contributed by atoms with van der Waals surface area (Å²) in [6.45, 7) is 6.25. The van der Waals surface area contributed by atoms with Crippen molar-refractivity contribution in [1.29, 1.82) is 0 Å². The lowest BCUT2D eigenvalue weighted by atomic mass is 10.0. The average Bonchev–Trinajstić information content (AvgIpc) is 2.63. The molecule has 1 N–H and O–H groups in total. The van der Waals surface area contributed by atoms with Gasteiger partial charge in [-0.3, -0.25) is 4.79 Å². The first kappa shape index (κ1) is 12.3. The highest BCUT2D eigenvalue weighted by Crippen LogP contribution is 2.18. The molecular weight excluding hydrogens is 258 g/mol. The first-order valence-corrected chi connectivity index (χ1v) is 5.89. The number of carbonyl (C=O) groups excluding carboxylic acids is 1. The van der Waals surface area contributed by atoms with E-state index in [4.69, 9.17) is 4.42 Å². The van der Waals surface area contributed by atoms with Crippen molar-refractivity contribution in [2.24, 2.45) is 5.92 Å². The molecule has 1 rings (SSSR count). The smallest absolute Gasteiger partial charge is 0.255 e. The van der Waals surface area contributed by atoms with Crippen LogP contribution in [0.5, 0.6) is 0 Å². The fourth-order valence-electron chi connectivity index (χ4n) is 1.24.